The predicted molar refractivity (Wildman–Crippen MR) is 102 cm³/mol. The van der Waals surface area contributed by atoms with E-state index in [2.05, 4.69) is 42.2 Å². The van der Waals surface area contributed by atoms with Crippen LogP contribution in [0.5, 0.6) is 11.5 Å². The zero-order valence-electron chi connectivity index (χ0n) is 15.5. The second kappa shape index (κ2) is 6.72. The molecular weight excluding hydrogens is 310 g/mol. The highest BCUT2D eigenvalue weighted by Gasteiger charge is 2.35. The highest BCUT2D eigenvalue weighted by atomic mass is 16.5. The molecule has 2 aliphatic rings. The van der Waals surface area contributed by atoms with Crippen molar-refractivity contribution >= 4 is 0 Å². The van der Waals surface area contributed by atoms with Crippen molar-refractivity contribution in [1.29, 1.82) is 0 Å². The summed E-state index contributed by atoms with van der Waals surface area (Å²) in [6.45, 7) is 7.32. The molecule has 2 aromatic rings. The SMILES string of the molecule is CCCN1CCc2cc(OCC)cc3c2[C@H]1Cc1cccc(OC)c1-3. The van der Waals surface area contributed by atoms with Crippen LogP contribution >= 0.6 is 0 Å². The van der Waals surface area contributed by atoms with Crippen LogP contribution in [0.15, 0.2) is 30.3 Å². The van der Waals surface area contributed by atoms with Crippen molar-refractivity contribution in [2.24, 2.45) is 0 Å². The molecule has 0 saturated carbocycles. The Hall–Kier alpha value is -2.00. The van der Waals surface area contributed by atoms with Gasteiger partial charge in [-0.05, 0) is 73.2 Å². The van der Waals surface area contributed by atoms with Crippen molar-refractivity contribution in [3.8, 4) is 22.6 Å². The van der Waals surface area contributed by atoms with Crippen LogP contribution in [-0.2, 0) is 12.8 Å². The molecule has 0 amide bonds. The summed E-state index contributed by atoms with van der Waals surface area (Å²) in [4.78, 5) is 2.66. The van der Waals surface area contributed by atoms with Crippen molar-refractivity contribution in [3.05, 3.63) is 47.0 Å². The minimum Gasteiger partial charge on any atom is -0.496 e. The minimum atomic E-state index is 0.481. The van der Waals surface area contributed by atoms with Gasteiger partial charge in [-0.15, -0.1) is 0 Å². The summed E-state index contributed by atoms with van der Waals surface area (Å²) >= 11 is 0. The van der Waals surface area contributed by atoms with E-state index in [1.54, 1.807) is 7.11 Å². The molecule has 2 aromatic carbocycles. The predicted octanol–water partition coefficient (Wildman–Crippen LogP) is 4.63. The zero-order chi connectivity index (χ0) is 17.4. The molecular formula is C22H27NO2. The van der Waals surface area contributed by atoms with E-state index in [1.165, 1.54) is 34.2 Å². The lowest BCUT2D eigenvalue weighted by Crippen LogP contribution is -2.38. The third-order valence-electron chi connectivity index (χ3n) is 5.52. The molecule has 1 aliphatic heterocycles. The van der Waals surface area contributed by atoms with E-state index in [0.29, 0.717) is 12.6 Å². The molecule has 1 aliphatic carbocycles. The lowest BCUT2D eigenvalue weighted by atomic mass is 9.76. The summed E-state index contributed by atoms with van der Waals surface area (Å²) in [7, 11) is 1.77. The van der Waals surface area contributed by atoms with Crippen LogP contribution in [0.1, 0.15) is 43.0 Å². The number of hydrogen-bond acceptors (Lipinski definition) is 3. The molecule has 0 N–H and O–H groups in total. The van der Waals surface area contributed by atoms with Crippen LogP contribution in [0, 0.1) is 0 Å². The summed E-state index contributed by atoms with van der Waals surface area (Å²) in [5, 5.41) is 0. The minimum absolute atomic E-state index is 0.481. The summed E-state index contributed by atoms with van der Waals surface area (Å²) in [6.07, 6.45) is 3.37. The molecule has 3 heteroatoms. The summed E-state index contributed by atoms with van der Waals surface area (Å²) in [5.41, 5.74) is 6.91. The number of rotatable bonds is 5. The van der Waals surface area contributed by atoms with Crippen molar-refractivity contribution in [2.45, 2.75) is 39.2 Å². The van der Waals surface area contributed by atoms with E-state index >= 15 is 0 Å². The number of nitrogens with zero attached hydrogens (tertiary/aromatic N) is 1. The highest BCUT2D eigenvalue weighted by Crippen LogP contribution is 2.49. The Morgan fingerprint density at radius 3 is 2.80 bits per heavy atom. The third kappa shape index (κ3) is 2.71. The van der Waals surface area contributed by atoms with E-state index in [-0.39, 0.29) is 0 Å². The maximum absolute atomic E-state index is 5.88. The van der Waals surface area contributed by atoms with Gasteiger partial charge < -0.3 is 9.47 Å². The fourth-order valence-electron chi connectivity index (χ4n) is 4.56. The van der Waals surface area contributed by atoms with Crippen molar-refractivity contribution < 1.29 is 9.47 Å². The van der Waals surface area contributed by atoms with Gasteiger partial charge in [0.05, 0.1) is 13.7 Å². The summed E-state index contributed by atoms with van der Waals surface area (Å²) in [6, 6.07) is 11.4. The molecule has 0 unspecified atom stereocenters. The largest absolute Gasteiger partial charge is 0.496 e. The van der Waals surface area contributed by atoms with E-state index < -0.39 is 0 Å². The van der Waals surface area contributed by atoms with Gasteiger partial charge in [0, 0.05) is 18.2 Å². The molecule has 1 heterocycles. The van der Waals surface area contributed by atoms with E-state index in [0.717, 1.165) is 37.4 Å². The molecule has 4 rings (SSSR count). The number of methoxy groups -OCH3 is 1. The van der Waals surface area contributed by atoms with Gasteiger partial charge in [-0.2, -0.15) is 0 Å². The molecule has 25 heavy (non-hydrogen) atoms. The Kier molecular flexibility index (Phi) is 4.43. The first-order chi connectivity index (χ1) is 12.3. The van der Waals surface area contributed by atoms with Crippen LogP contribution in [0.2, 0.25) is 0 Å². The standard InChI is InChI=1S/C22H27NO2/c1-4-10-23-11-9-16-12-17(25-5-2)14-18-21(16)19(23)13-15-7-6-8-20(24-3)22(15)18/h6-8,12,14,19H,4-5,9-11,13H2,1-3H3/t19-/m1/s1. The van der Waals surface area contributed by atoms with Gasteiger partial charge in [-0.25, -0.2) is 0 Å². The molecule has 0 fully saturated rings. The topological polar surface area (TPSA) is 21.7 Å². The molecule has 0 aromatic heterocycles. The van der Waals surface area contributed by atoms with Crippen molar-refractivity contribution in [2.75, 3.05) is 26.8 Å². The Morgan fingerprint density at radius 1 is 1.16 bits per heavy atom. The van der Waals surface area contributed by atoms with E-state index in [1.807, 2.05) is 6.92 Å². The van der Waals surface area contributed by atoms with Crippen LogP contribution in [0.25, 0.3) is 11.1 Å². The molecule has 132 valence electrons. The maximum Gasteiger partial charge on any atom is 0.126 e. The second-order valence-corrected chi connectivity index (χ2v) is 6.98. The van der Waals surface area contributed by atoms with E-state index in [9.17, 15) is 0 Å². The quantitative estimate of drug-likeness (QED) is 0.794. The van der Waals surface area contributed by atoms with Crippen molar-refractivity contribution in [3.63, 3.8) is 0 Å². The number of ether oxygens (including phenoxy) is 2. The average Bonchev–Trinajstić information content (AvgIpc) is 2.63. The van der Waals surface area contributed by atoms with Crippen LogP contribution in [0.3, 0.4) is 0 Å². The van der Waals surface area contributed by atoms with Gasteiger partial charge >= 0.3 is 0 Å². The molecule has 0 spiro atoms. The molecule has 1 atom stereocenters. The number of hydrogen-bond donors (Lipinski definition) is 0. The zero-order valence-corrected chi connectivity index (χ0v) is 15.5. The summed E-state index contributed by atoms with van der Waals surface area (Å²) < 4.78 is 11.6. The van der Waals surface area contributed by atoms with Gasteiger partial charge in [0.25, 0.3) is 0 Å². The van der Waals surface area contributed by atoms with Crippen LogP contribution in [-0.4, -0.2) is 31.7 Å². The lowest BCUT2D eigenvalue weighted by molar-refractivity contribution is 0.182. The fourth-order valence-corrected chi connectivity index (χ4v) is 4.56. The second-order valence-electron chi connectivity index (χ2n) is 6.98. The fraction of sp³-hybridized carbons (Fsp3) is 0.455. The first-order valence-corrected chi connectivity index (χ1v) is 9.46. The maximum atomic E-state index is 5.88. The van der Waals surface area contributed by atoms with Gasteiger partial charge in [0.2, 0.25) is 0 Å². The normalized spacial score (nSPS) is 18.4. The van der Waals surface area contributed by atoms with Gasteiger partial charge in [-0.3, -0.25) is 4.90 Å². The Labute approximate surface area is 150 Å². The van der Waals surface area contributed by atoms with Gasteiger partial charge in [0.15, 0.2) is 0 Å². The molecule has 0 bridgehead atoms. The van der Waals surface area contributed by atoms with Crippen molar-refractivity contribution in [1.82, 2.24) is 4.90 Å². The molecule has 0 saturated heterocycles. The monoisotopic (exact) mass is 337 g/mol. The number of benzene rings is 2. The molecule has 0 radical (unpaired) electrons. The Morgan fingerprint density at radius 2 is 2.04 bits per heavy atom. The highest BCUT2D eigenvalue weighted by molar-refractivity contribution is 5.81. The van der Waals surface area contributed by atoms with Gasteiger partial charge in [-0.1, -0.05) is 19.1 Å². The molecule has 3 nitrogen and oxygen atoms in total. The Balaban J connectivity index is 1.93. The average molecular weight is 337 g/mol. The van der Waals surface area contributed by atoms with Gasteiger partial charge in [0.1, 0.15) is 11.5 Å². The Bertz CT molecular complexity index is 784. The first kappa shape index (κ1) is 16.5. The van der Waals surface area contributed by atoms with E-state index in [4.69, 9.17) is 9.47 Å². The lowest BCUT2D eigenvalue weighted by Gasteiger charge is -2.42. The van der Waals surface area contributed by atoms with Crippen LogP contribution in [0.4, 0.5) is 0 Å². The smallest absolute Gasteiger partial charge is 0.126 e. The number of fused-ring (bicyclic) bond motifs is 2. The third-order valence-corrected chi connectivity index (χ3v) is 5.52. The van der Waals surface area contributed by atoms with Crippen LogP contribution < -0.4 is 9.47 Å². The first-order valence-electron chi connectivity index (χ1n) is 9.46. The summed E-state index contributed by atoms with van der Waals surface area (Å²) in [5.74, 6) is 1.96.